The Hall–Kier alpha value is -2.05. The van der Waals surface area contributed by atoms with Crippen molar-refractivity contribution in [3.8, 4) is 11.5 Å². The lowest BCUT2D eigenvalue weighted by Gasteiger charge is -2.18. The van der Waals surface area contributed by atoms with Crippen LogP contribution in [0.3, 0.4) is 0 Å². The van der Waals surface area contributed by atoms with Gasteiger partial charge in [0, 0.05) is 13.6 Å². The number of benzene rings is 2. The van der Waals surface area contributed by atoms with Gasteiger partial charge in [0.1, 0.15) is 11.5 Å². The molecule has 0 aliphatic heterocycles. The molecule has 0 aliphatic carbocycles. The largest absolute Gasteiger partial charge is 0.497 e. The van der Waals surface area contributed by atoms with Crippen molar-refractivity contribution in [2.45, 2.75) is 31.4 Å². The molecule has 0 amide bonds. The van der Waals surface area contributed by atoms with Gasteiger partial charge < -0.3 is 9.47 Å². The molecule has 0 unspecified atom stereocenters. The maximum Gasteiger partial charge on any atom is 0.243 e. The van der Waals surface area contributed by atoms with Gasteiger partial charge in [-0.05, 0) is 55.8 Å². The molecule has 0 saturated carbocycles. The van der Waals surface area contributed by atoms with Gasteiger partial charge in [-0.25, -0.2) is 8.42 Å². The van der Waals surface area contributed by atoms with E-state index in [0.717, 1.165) is 11.3 Å². The Labute approximate surface area is 143 Å². The summed E-state index contributed by atoms with van der Waals surface area (Å²) in [4.78, 5) is 0.241. The van der Waals surface area contributed by atoms with Crippen molar-refractivity contribution in [1.82, 2.24) is 4.31 Å². The molecule has 0 aromatic heterocycles. The van der Waals surface area contributed by atoms with Crippen LogP contribution in [0.2, 0.25) is 0 Å². The second kappa shape index (κ2) is 7.68. The van der Waals surface area contributed by atoms with E-state index in [1.54, 1.807) is 38.4 Å². The van der Waals surface area contributed by atoms with Crippen LogP contribution in [0.1, 0.15) is 19.4 Å². The van der Waals surface area contributed by atoms with E-state index in [4.69, 9.17) is 9.47 Å². The van der Waals surface area contributed by atoms with Gasteiger partial charge in [-0.15, -0.1) is 0 Å². The summed E-state index contributed by atoms with van der Waals surface area (Å²) < 4.78 is 37.2. The van der Waals surface area contributed by atoms with Crippen LogP contribution in [0.15, 0.2) is 53.4 Å². The summed E-state index contributed by atoms with van der Waals surface area (Å²) in [6.07, 6.45) is 0.106. The van der Waals surface area contributed by atoms with Gasteiger partial charge in [-0.2, -0.15) is 4.31 Å². The number of methoxy groups -OCH3 is 1. The fourth-order valence-electron chi connectivity index (χ4n) is 2.22. The van der Waals surface area contributed by atoms with E-state index in [2.05, 4.69) is 0 Å². The molecule has 0 aliphatic rings. The summed E-state index contributed by atoms with van der Waals surface area (Å²) in [6.45, 7) is 4.21. The highest BCUT2D eigenvalue weighted by atomic mass is 32.2. The van der Waals surface area contributed by atoms with E-state index in [-0.39, 0.29) is 17.5 Å². The number of hydrogen-bond acceptors (Lipinski definition) is 4. The lowest BCUT2D eigenvalue weighted by Crippen LogP contribution is -2.26. The van der Waals surface area contributed by atoms with Gasteiger partial charge in [0.15, 0.2) is 0 Å². The van der Waals surface area contributed by atoms with Crippen LogP contribution >= 0.6 is 0 Å². The molecule has 5 nitrogen and oxygen atoms in total. The predicted octanol–water partition coefficient (Wildman–Crippen LogP) is 3.30. The molecule has 0 heterocycles. The molecule has 0 spiro atoms. The van der Waals surface area contributed by atoms with Crippen molar-refractivity contribution in [3.63, 3.8) is 0 Å². The lowest BCUT2D eigenvalue weighted by atomic mass is 10.2. The molecule has 0 N–H and O–H groups in total. The highest BCUT2D eigenvalue weighted by Crippen LogP contribution is 2.21. The highest BCUT2D eigenvalue weighted by Gasteiger charge is 2.20. The molecular formula is C18H23NO4S. The Morgan fingerprint density at radius 1 is 0.958 bits per heavy atom. The summed E-state index contributed by atoms with van der Waals surface area (Å²) in [6, 6.07) is 13.8. The van der Waals surface area contributed by atoms with Crippen LogP contribution < -0.4 is 9.47 Å². The Morgan fingerprint density at radius 2 is 1.50 bits per heavy atom. The van der Waals surface area contributed by atoms with Crippen LogP contribution in [0.25, 0.3) is 0 Å². The molecule has 0 saturated heterocycles. The minimum Gasteiger partial charge on any atom is -0.497 e. The third kappa shape index (κ3) is 4.49. The fraction of sp³-hybridized carbons (Fsp3) is 0.333. The molecule has 2 aromatic rings. The van der Waals surface area contributed by atoms with Crippen LogP contribution in [-0.2, 0) is 16.6 Å². The summed E-state index contributed by atoms with van der Waals surface area (Å²) in [7, 11) is -0.433. The zero-order chi connectivity index (χ0) is 17.7. The van der Waals surface area contributed by atoms with Gasteiger partial charge in [0.2, 0.25) is 10.0 Å². The van der Waals surface area contributed by atoms with Crippen molar-refractivity contribution in [2.75, 3.05) is 14.2 Å². The van der Waals surface area contributed by atoms with E-state index in [1.165, 1.54) is 4.31 Å². The Kier molecular flexibility index (Phi) is 5.85. The van der Waals surface area contributed by atoms with Crippen molar-refractivity contribution in [3.05, 3.63) is 54.1 Å². The van der Waals surface area contributed by atoms with Gasteiger partial charge in [-0.1, -0.05) is 12.1 Å². The highest BCUT2D eigenvalue weighted by molar-refractivity contribution is 7.89. The normalized spacial score (nSPS) is 11.8. The van der Waals surface area contributed by atoms with Gasteiger partial charge >= 0.3 is 0 Å². The van der Waals surface area contributed by atoms with Gasteiger partial charge in [0.25, 0.3) is 0 Å². The average Bonchev–Trinajstić information content (AvgIpc) is 2.56. The van der Waals surface area contributed by atoms with Gasteiger partial charge in [0.05, 0.1) is 18.1 Å². The molecule has 130 valence electrons. The summed E-state index contributed by atoms with van der Waals surface area (Å²) in [5.74, 6) is 1.40. The number of nitrogens with zero attached hydrogens (tertiary/aromatic N) is 1. The number of rotatable bonds is 7. The van der Waals surface area contributed by atoms with Crippen molar-refractivity contribution < 1.29 is 17.9 Å². The molecular weight excluding hydrogens is 326 g/mol. The smallest absolute Gasteiger partial charge is 0.243 e. The zero-order valence-electron chi connectivity index (χ0n) is 14.4. The van der Waals surface area contributed by atoms with Crippen LogP contribution in [0, 0.1) is 0 Å². The third-order valence-corrected chi connectivity index (χ3v) is 5.29. The molecule has 6 heteroatoms. The third-order valence-electron chi connectivity index (χ3n) is 3.47. The molecule has 0 bridgehead atoms. The molecule has 0 radical (unpaired) electrons. The maximum atomic E-state index is 12.6. The minimum absolute atomic E-state index is 0.106. The quantitative estimate of drug-likeness (QED) is 0.769. The average molecular weight is 349 g/mol. The predicted molar refractivity (Wildman–Crippen MR) is 93.9 cm³/mol. The first-order valence-corrected chi connectivity index (χ1v) is 9.13. The van der Waals surface area contributed by atoms with Crippen molar-refractivity contribution >= 4 is 10.0 Å². The number of hydrogen-bond donors (Lipinski definition) is 0. The van der Waals surface area contributed by atoms with Crippen molar-refractivity contribution in [2.24, 2.45) is 0 Å². The topological polar surface area (TPSA) is 55.8 Å². The number of sulfonamides is 1. The first-order valence-electron chi connectivity index (χ1n) is 7.69. The monoisotopic (exact) mass is 349 g/mol. The van der Waals surface area contributed by atoms with Gasteiger partial charge in [-0.3, -0.25) is 0 Å². The summed E-state index contributed by atoms with van der Waals surface area (Å²) in [5, 5.41) is 0. The Bertz CT molecular complexity index is 753. The van der Waals surface area contributed by atoms with Crippen LogP contribution in [0.4, 0.5) is 0 Å². The van der Waals surface area contributed by atoms with E-state index in [0.29, 0.717) is 5.75 Å². The maximum absolute atomic E-state index is 12.6. The molecule has 0 fully saturated rings. The molecule has 2 rings (SSSR count). The fourth-order valence-corrected chi connectivity index (χ4v) is 3.37. The standard InChI is InChI=1S/C18H23NO4S/c1-14(2)23-17-7-5-15(6-8-17)13-19(3)24(20,21)18-11-9-16(22-4)10-12-18/h5-12,14H,13H2,1-4H3. The van der Waals surface area contributed by atoms with Crippen LogP contribution in [-0.4, -0.2) is 33.0 Å². The minimum atomic E-state index is -3.54. The summed E-state index contributed by atoms with van der Waals surface area (Å²) >= 11 is 0. The van der Waals surface area contributed by atoms with E-state index in [1.807, 2.05) is 38.1 Å². The molecule has 2 aromatic carbocycles. The lowest BCUT2D eigenvalue weighted by molar-refractivity contribution is 0.242. The number of ether oxygens (including phenoxy) is 2. The first-order chi connectivity index (χ1) is 11.3. The second-order valence-corrected chi connectivity index (χ2v) is 7.79. The van der Waals surface area contributed by atoms with Crippen LogP contribution in [0.5, 0.6) is 11.5 Å². The Balaban J connectivity index is 2.10. The zero-order valence-corrected chi connectivity index (χ0v) is 15.2. The van der Waals surface area contributed by atoms with E-state index < -0.39 is 10.0 Å². The van der Waals surface area contributed by atoms with E-state index >= 15 is 0 Å². The second-order valence-electron chi connectivity index (χ2n) is 5.75. The Morgan fingerprint density at radius 3 is 2.00 bits per heavy atom. The summed E-state index contributed by atoms with van der Waals surface area (Å²) in [5.41, 5.74) is 0.894. The first kappa shape index (κ1) is 18.3. The van der Waals surface area contributed by atoms with Crippen molar-refractivity contribution in [1.29, 1.82) is 0 Å². The molecule has 24 heavy (non-hydrogen) atoms. The molecule has 0 atom stereocenters. The SMILES string of the molecule is COc1ccc(S(=O)(=O)N(C)Cc2ccc(OC(C)C)cc2)cc1. The van der Waals surface area contributed by atoms with E-state index in [9.17, 15) is 8.42 Å².